The first-order chi connectivity index (χ1) is 13.6. The average molecular weight is 425 g/mol. The van der Waals surface area contributed by atoms with E-state index in [-0.39, 0.29) is 48.2 Å². The molecule has 0 saturated carbocycles. The SMILES string of the molecule is Cc1cc(C(=O)N2CCN(S(=O)(=O)c3ccc(F)c(F)c3)CC2)ccc1[N+](=O)[O-]. The van der Waals surface area contributed by atoms with Crippen molar-refractivity contribution in [3.63, 3.8) is 0 Å². The van der Waals surface area contributed by atoms with Crippen molar-refractivity contribution in [2.75, 3.05) is 26.2 Å². The summed E-state index contributed by atoms with van der Waals surface area (Å²) in [5.74, 6) is -2.76. The number of carbonyl (C=O) groups is 1. The molecule has 29 heavy (non-hydrogen) atoms. The number of rotatable bonds is 4. The van der Waals surface area contributed by atoms with E-state index < -0.39 is 26.6 Å². The van der Waals surface area contributed by atoms with Crippen LogP contribution in [-0.2, 0) is 10.0 Å². The number of nitrogens with zero attached hydrogens (tertiary/aromatic N) is 3. The molecule has 1 aliphatic heterocycles. The highest BCUT2D eigenvalue weighted by Crippen LogP contribution is 2.22. The van der Waals surface area contributed by atoms with Gasteiger partial charge in [-0.3, -0.25) is 14.9 Å². The van der Waals surface area contributed by atoms with Crippen molar-refractivity contribution in [2.45, 2.75) is 11.8 Å². The summed E-state index contributed by atoms with van der Waals surface area (Å²) < 4.78 is 52.8. The predicted molar refractivity (Wildman–Crippen MR) is 98.9 cm³/mol. The molecular formula is C18H17F2N3O5S. The lowest BCUT2D eigenvalue weighted by atomic mass is 10.1. The van der Waals surface area contributed by atoms with Gasteiger partial charge in [0.15, 0.2) is 11.6 Å². The van der Waals surface area contributed by atoms with Gasteiger partial charge in [-0.1, -0.05) is 0 Å². The Hall–Kier alpha value is -2.92. The molecule has 11 heteroatoms. The van der Waals surface area contributed by atoms with Gasteiger partial charge >= 0.3 is 0 Å². The van der Waals surface area contributed by atoms with E-state index in [1.54, 1.807) is 0 Å². The van der Waals surface area contributed by atoms with Crippen molar-refractivity contribution in [2.24, 2.45) is 0 Å². The van der Waals surface area contributed by atoms with E-state index in [2.05, 4.69) is 0 Å². The number of nitro groups is 1. The second-order valence-electron chi connectivity index (χ2n) is 6.53. The number of piperazine rings is 1. The fraction of sp³-hybridized carbons (Fsp3) is 0.278. The molecule has 0 unspecified atom stereocenters. The van der Waals surface area contributed by atoms with Gasteiger partial charge in [-0.05, 0) is 37.3 Å². The summed E-state index contributed by atoms with van der Waals surface area (Å²) in [4.78, 5) is 24.1. The highest BCUT2D eigenvalue weighted by Gasteiger charge is 2.31. The summed E-state index contributed by atoms with van der Waals surface area (Å²) in [7, 11) is -4.02. The van der Waals surface area contributed by atoms with Gasteiger partial charge in [0.05, 0.1) is 9.82 Å². The number of hydrogen-bond acceptors (Lipinski definition) is 5. The molecule has 0 radical (unpaired) electrons. The van der Waals surface area contributed by atoms with Crippen molar-refractivity contribution < 1.29 is 26.9 Å². The molecule has 0 N–H and O–H groups in total. The van der Waals surface area contributed by atoms with E-state index in [9.17, 15) is 32.1 Å². The van der Waals surface area contributed by atoms with Crippen LogP contribution in [0.25, 0.3) is 0 Å². The number of halogens is 2. The Morgan fingerprint density at radius 1 is 1.03 bits per heavy atom. The van der Waals surface area contributed by atoms with Crippen molar-refractivity contribution in [1.82, 2.24) is 9.21 Å². The molecule has 0 atom stereocenters. The van der Waals surface area contributed by atoms with E-state index in [0.29, 0.717) is 11.6 Å². The molecule has 1 saturated heterocycles. The Bertz CT molecular complexity index is 1080. The van der Waals surface area contributed by atoms with Gasteiger partial charge in [-0.2, -0.15) is 4.31 Å². The monoisotopic (exact) mass is 425 g/mol. The molecule has 2 aromatic carbocycles. The van der Waals surface area contributed by atoms with Gasteiger partial charge in [0.25, 0.3) is 11.6 Å². The maximum atomic E-state index is 13.4. The van der Waals surface area contributed by atoms with Crippen LogP contribution in [-0.4, -0.2) is 54.6 Å². The second-order valence-corrected chi connectivity index (χ2v) is 8.47. The number of amides is 1. The predicted octanol–water partition coefficient (Wildman–Crippen LogP) is 2.33. The molecule has 1 heterocycles. The summed E-state index contributed by atoms with van der Waals surface area (Å²) in [6, 6.07) is 6.40. The average Bonchev–Trinajstić information content (AvgIpc) is 2.69. The number of carbonyl (C=O) groups excluding carboxylic acids is 1. The Labute approximate surface area is 165 Å². The summed E-state index contributed by atoms with van der Waals surface area (Å²) in [5, 5.41) is 10.9. The minimum atomic E-state index is -4.02. The van der Waals surface area contributed by atoms with Crippen LogP contribution in [0.1, 0.15) is 15.9 Å². The zero-order valence-corrected chi connectivity index (χ0v) is 16.2. The van der Waals surface area contributed by atoms with Crippen LogP contribution >= 0.6 is 0 Å². The maximum Gasteiger partial charge on any atom is 0.272 e. The summed E-state index contributed by atoms with van der Waals surface area (Å²) in [6.07, 6.45) is 0. The van der Waals surface area contributed by atoms with Crippen LogP contribution in [0.3, 0.4) is 0 Å². The number of aryl methyl sites for hydroxylation is 1. The zero-order valence-electron chi connectivity index (χ0n) is 15.3. The number of sulfonamides is 1. The quantitative estimate of drug-likeness (QED) is 0.553. The molecule has 1 aliphatic rings. The molecule has 0 spiro atoms. The first-order valence-corrected chi connectivity index (χ1v) is 10.0. The van der Waals surface area contributed by atoms with Crippen LogP contribution in [0.15, 0.2) is 41.3 Å². The second kappa shape index (κ2) is 7.84. The molecule has 2 aromatic rings. The molecular weight excluding hydrogens is 408 g/mol. The van der Waals surface area contributed by atoms with Gasteiger partial charge in [-0.15, -0.1) is 0 Å². The van der Waals surface area contributed by atoms with Gasteiger partial charge < -0.3 is 4.90 Å². The smallest absolute Gasteiger partial charge is 0.272 e. The maximum absolute atomic E-state index is 13.4. The van der Waals surface area contributed by atoms with Crippen LogP contribution in [0.4, 0.5) is 14.5 Å². The topological polar surface area (TPSA) is 101 Å². The lowest BCUT2D eigenvalue weighted by molar-refractivity contribution is -0.385. The van der Waals surface area contributed by atoms with Crippen LogP contribution in [0.5, 0.6) is 0 Å². The van der Waals surface area contributed by atoms with E-state index in [0.717, 1.165) is 16.4 Å². The number of nitro benzene ring substituents is 1. The van der Waals surface area contributed by atoms with Crippen molar-refractivity contribution in [3.05, 3.63) is 69.3 Å². The van der Waals surface area contributed by atoms with Gasteiger partial charge in [0, 0.05) is 43.4 Å². The fourth-order valence-electron chi connectivity index (χ4n) is 3.09. The molecule has 1 amide bonds. The van der Waals surface area contributed by atoms with Crippen molar-refractivity contribution >= 4 is 21.6 Å². The molecule has 0 bridgehead atoms. The lowest BCUT2D eigenvalue weighted by Gasteiger charge is -2.34. The van der Waals surface area contributed by atoms with Crippen LogP contribution in [0, 0.1) is 28.7 Å². The summed E-state index contributed by atoms with van der Waals surface area (Å²) in [6.45, 7) is 1.69. The third-order valence-corrected chi connectivity index (χ3v) is 6.59. The van der Waals surface area contributed by atoms with E-state index in [1.165, 1.54) is 30.0 Å². The molecule has 0 aromatic heterocycles. The van der Waals surface area contributed by atoms with Gasteiger partial charge in [0.1, 0.15) is 0 Å². The van der Waals surface area contributed by atoms with E-state index in [1.807, 2.05) is 0 Å². The van der Waals surface area contributed by atoms with Crippen molar-refractivity contribution in [3.8, 4) is 0 Å². The minimum Gasteiger partial charge on any atom is -0.336 e. The molecule has 154 valence electrons. The highest BCUT2D eigenvalue weighted by atomic mass is 32.2. The minimum absolute atomic E-state index is 0.0148. The van der Waals surface area contributed by atoms with Gasteiger partial charge in [-0.25, -0.2) is 17.2 Å². The summed E-state index contributed by atoms with van der Waals surface area (Å²) >= 11 is 0. The normalized spacial score (nSPS) is 15.3. The lowest BCUT2D eigenvalue weighted by Crippen LogP contribution is -2.50. The summed E-state index contributed by atoms with van der Waals surface area (Å²) in [5.41, 5.74) is 0.523. The van der Waals surface area contributed by atoms with E-state index >= 15 is 0 Å². The Morgan fingerprint density at radius 2 is 1.69 bits per heavy atom. The number of benzene rings is 2. The first kappa shape index (κ1) is 20.8. The third kappa shape index (κ3) is 4.10. The Balaban J connectivity index is 1.71. The Kier molecular flexibility index (Phi) is 5.62. The molecule has 0 aliphatic carbocycles. The largest absolute Gasteiger partial charge is 0.336 e. The van der Waals surface area contributed by atoms with Crippen LogP contribution in [0.2, 0.25) is 0 Å². The zero-order chi connectivity index (χ0) is 21.3. The van der Waals surface area contributed by atoms with Gasteiger partial charge in [0.2, 0.25) is 10.0 Å². The standard InChI is InChI=1S/C18H17F2N3O5S/c1-12-10-13(2-5-17(12)23(25)26)18(24)21-6-8-22(9-7-21)29(27,28)14-3-4-15(19)16(20)11-14/h2-5,10-11H,6-9H2,1H3. The van der Waals surface area contributed by atoms with Crippen molar-refractivity contribution in [1.29, 1.82) is 0 Å². The molecule has 1 fully saturated rings. The third-order valence-electron chi connectivity index (χ3n) is 4.70. The fourth-order valence-corrected chi connectivity index (χ4v) is 4.53. The van der Waals surface area contributed by atoms with Crippen LogP contribution < -0.4 is 0 Å². The first-order valence-electron chi connectivity index (χ1n) is 8.61. The highest BCUT2D eigenvalue weighted by molar-refractivity contribution is 7.89. The number of hydrogen-bond donors (Lipinski definition) is 0. The molecule has 8 nitrogen and oxygen atoms in total. The van der Waals surface area contributed by atoms with E-state index in [4.69, 9.17) is 0 Å². The molecule has 3 rings (SSSR count). The Morgan fingerprint density at radius 3 is 2.24 bits per heavy atom.